The number of aromatic nitrogens is 2. The summed E-state index contributed by atoms with van der Waals surface area (Å²) in [5.41, 5.74) is 0.847. The fourth-order valence-electron chi connectivity index (χ4n) is 1.60. The number of hydrogen-bond donors (Lipinski definition) is 0. The molecule has 0 N–H and O–H groups in total. The molecule has 4 heteroatoms. The lowest BCUT2D eigenvalue weighted by Gasteiger charge is -2.06. The number of allylic oxidation sites excluding steroid dienone is 1. The molecule has 0 aliphatic heterocycles. The summed E-state index contributed by atoms with van der Waals surface area (Å²) in [4.78, 5) is 8.32. The Morgan fingerprint density at radius 3 is 3.06 bits per heavy atom. The van der Waals surface area contributed by atoms with Gasteiger partial charge in [-0.2, -0.15) is 4.98 Å². The number of benzene rings is 1. The van der Waals surface area contributed by atoms with Crippen LogP contribution >= 0.6 is 0 Å². The molecule has 0 saturated carbocycles. The summed E-state index contributed by atoms with van der Waals surface area (Å²) < 4.78 is 10.6. The predicted octanol–water partition coefficient (Wildman–Crippen LogP) is 2.98. The summed E-state index contributed by atoms with van der Waals surface area (Å²) in [6.07, 6.45) is 5.57. The van der Waals surface area contributed by atoms with Crippen LogP contribution in [0.1, 0.15) is 12.8 Å². The third-order valence-corrected chi connectivity index (χ3v) is 2.53. The standard InChI is InChI=1S/C14H16N2O2/c1-3-4-5-8-18-12-6-7-13-11(9-12)10-15-14(16-13)17-2/h3,6-7,9-10H,1,4-5,8H2,2H3. The fraction of sp³-hybridized carbons (Fsp3) is 0.286. The highest BCUT2D eigenvalue weighted by molar-refractivity contribution is 5.79. The third kappa shape index (κ3) is 2.97. The summed E-state index contributed by atoms with van der Waals surface area (Å²) in [5, 5.41) is 0.942. The van der Waals surface area contributed by atoms with Gasteiger partial charge < -0.3 is 9.47 Å². The number of rotatable bonds is 6. The molecule has 0 aliphatic rings. The lowest BCUT2D eigenvalue weighted by molar-refractivity contribution is 0.312. The molecule has 0 unspecified atom stereocenters. The second-order valence-corrected chi connectivity index (χ2v) is 3.86. The van der Waals surface area contributed by atoms with E-state index in [4.69, 9.17) is 9.47 Å². The topological polar surface area (TPSA) is 44.2 Å². The van der Waals surface area contributed by atoms with E-state index in [9.17, 15) is 0 Å². The lowest BCUT2D eigenvalue weighted by atomic mass is 10.2. The van der Waals surface area contributed by atoms with E-state index in [2.05, 4.69) is 16.5 Å². The van der Waals surface area contributed by atoms with Gasteiger partial charge in [-0.1, -0.05) is 6.08 Å². The first-order valence-electron chi connectivity index (χ1n) is 5.88. The average Bonchev–Trinajstić information content (AvgIpc) is 2.43. The molecular weight excluding hydrogens is 228 g/mol. The van der Waals surface area contributed by atoms with Crippen molar-refractivity contribution < 1.29 is 9.47 Å². The van der Waals surface area contributed by atoms with Gasteiger partial charge in [0.1, 0.15) is 5.75 Å². The monoisotopic (exact) mass is 244 g/mol. The fourth-order valence-corrected chi connectivity index (χ4v) is 1.60. The molecule has 0 bridgehead atoms. The van der Waals surface area contributed by atoms with E-state index in [1.54, 1.807) is 13.3 Å². The van der Waals surface area contributed by atoms with Crippen molar-refractivity contribution >= 4 is 10.9 Å². The van der Waals surface area contributed by atoms with Crippen LogP contribution in [-0.4, -0.2) is 23.7 Å². The van der Waals surface area contributed by atoms with Crippen molar-refractivity contribution in [1.29, 1.82) is 0 Å². The van der Waals surface area contributed by atoms with Crippen molar-refractivity contribution in [2.24, 2.45) is 0 Å². The number of nitrogens with zero attached hydrogens (tertiary/aromatic N) is 2. The molecule has 1 aromatic heterocycles. The van der Waals surface area contributed by atoms with Gasteiger partial charge in [0.05, 0.1) is 19.2 Å². The van der Waals surface area contributed by atoms with E-state index >= 15 is 0 Å². The Labute approximate surface area is 106 Å². The molecular formula is C14H16N2O2. The Hall–Kier alpha value is -2.10. The van der Waals surface area contributed by atoms with Gasteiger partial charge in [0.25, 0.3) is 0 Å². The van der Waals surface area contributed by atoms with Gasteiger partial charge in [0.2, 0.25) is 0 Å². The van der Waals surface area contributed by atoms with Crippen LogP contribution in [0.2, 0.25) is 0 Å². The minimum atomic E-state index is 0.377. The first-order valence-corrected chi connectivity index (χ1v) is 5.88. The highest BCUT2D eigenvalue weighted by atomic mass is 16.5. The van der Waals surface area contributed by atoms with Crippen LogP contribution in [0.25, 0.3) is 10.9 Å². The number of hydrogen-bond acceptors (Lipinski definition) is 4. The molecule has 18 heavy (non-hydrogen) atoms. The maximum absolute atomic E-state index is 5.64. The largest absolute Gasteiger partial charge is 0.494 e. The SMILES string of the molecule is C=CCCCOc1ccc2nc(OC)ncc2c1. The molecule has 2 aromatic rings. The number of fused-ring (bicyclic) bond motifs is 1. The quantitative estimate of drug-likeness (QED) is 0.579. The van der Waals surface area contributed by atoms with Crippen LogP contribution < -0.4 is 9.47 Å². The molecule has 1 aromatic carbocycles. The number of ether oxygens (including phenoxy) is 2. The molecule has 94 valence electrons. The summed E-state index contributed by atoms with van der Waals surface area (Å²) in [5.74, 6) is 0.834. The molecule has 0 atom stereocenters. The van der Waals surface area contributed by atoms with Crippen LogP contribution in [-0.2, 0) is 0 Å². The zero-order valence-electron chi connectivity index (χ0n) is 10.4. The van der Waals surface area contributed by atoms with Gasteiger partial charge in [0.15, 0.2) is 0 Å². The second-order valence-electron chi connectivity index (χ2n) is 3.86. The molecule has 0 fully saturated rings. The van der Waals surface area contributed by atoms with E-state index < -0.39 is 0 Å². The molecule has 2 rings (SSSR count). The van der Waals surface area contributed by atoms with E-state index in [0.29, 0.717) is 12.6 Å². The van der Waals surface area contributed by atoms with Crippen molar-refractivity contribution in [2.45, 2.75) is 12.8 Å². The minimum absolute atomic E-state index is 0.377. The summed E-state index contributed by atoms with van der Waals surface area (Å²) >= 11 is 0. The predicted molar refractivity (Wildman–Crippen MR) is 71.0 cm³/mol. The molecule has 0 aliphatic carbocycles. The van der Waals surface area contributed by atoms with Crippen molar-refractivity contribution in [3.05, 3.63) is 37.1 Å². The van der Waals surface area contributed by atoms with Gasteiger partial charge in [-0.15, -0.1) is 6.58 Å². The van der Waals surface area contributed by atoms with E-state index in [-0.39, 0.29) is 0 Å². The zero-order chi connectivity index (χ0) is 12.8. The van der Waals surface area contributed by atoms with E-state index in [1.807, 2.05) is 24.3 Å². The Kier molecular flexibility index (Phi) is 4.12. The van der Waals surface area contributed by atoms with Gasteiger partial charge in [0, 0.05) is 11.6 Å². The van der Waals surface area contributed by atoms with E-state index in [0.717, 1.165) is 29.5 Å². The van der Waals surface area contributed by atoms with Crippen molar-refractivity contribution in [3.63, 3.8) is 0 Å². The number of unbranched alkanes of at least 4 members (excludes halogenated alkanes) is 1. The second kappa shape index (κ2) is 6.00. The number of methoxy groups -OCH3 is 1. The zero-order valence-corrected chi connectivity index (χ0v) is 10.4. The maximum Gasteiger partial charge on any atom is 0.316 e. The Balaban J connectivity index is 2.10. The minimum Gasteiger partial charge on any atom is -0.494 e. The van der Waals surface area contributed by atoms with Crippen molar-refractivity contribution in [3.8, 4) is 11.8 Å². The maximum atomic E-state index is 5.64. The van der Waals surface area contributed by atoms with Crippen LogP contribution in [0.5, 0.6) is 11.8 Å². The van der Waals surface area contributed by atoms with Gasteiger partial charge in [-0.05, 0) is 31.0 Å². The highest BCUT2D eigenvalue weighted by Crippen LogP contribution is 2.20. The summed E-state index contributed by atoms with van der Waals surface area (Å²) in [7, 11) is 1.55. The van der Waals surface area contributed by atoms with Gasteiger partial charge in [-0.25, -0.2) is 4.98 Å². The normalized spacial score (nSPS) is 10.3. The lowest BCUT2D eigenvalue weighted by Crippen LogP contribution is -1.97. The van der Waals surface area contributed by atoms with Crippen LogP contribution in [0.4, 0.5) is 0 Å². The Morgan fingerprint density at radius 1 is 1.39 bits per heavy atom. The Morgan fingerprint density at radius 2 is 2.28 bits per heavy atom. The van der Waals surface area contributed by atoms with Crippen LogP contribution in [0, 0.1) is 0 Å². The Bertz CT molecular complexity index is 540. The highest BCUT2D eigenvalue weighted by Gasteiger charge is 2.01. The summed E-state index contributed by atoms with van der Waals surface area (Å²) in [6.45, 7) is 4.37. The first-order chi connectivity index (χ1) is 8.83. The van der Waals surface area contributed by atoms with Gasteiger partial charge in [-0.3, -0.25) is 0 Å². The molecule has 0 spiro atoms. The smallest absolute Gasteiger partial charge is 0.316 e. The van der Waals surface area contributed by atoms with Gasteiger partial charge >= 0.3 is 6.01 Å². The molecule has 0 amide bonds. The molecule has 1 heterocycles. The summed E-state index contributed by atoms with van der Waals surface area (Å²) in [6, 6.07) is 6.12. The third-order valence-electron chi connectivity index (χ3n) is 2.53. The van der Waals surface area contributed by atoms with E-state index in [1.165, 1.54) is 0 Å². The van der Waals surface area contributed by atoms with Crippen LogP contribution in [0.15, 0.2) is 37.1 Å². The molecule has 0 saturated heterocycles. The van der Waals surface area contributed by atoms with Crippen LogP contribution in [0.3, 0.4) is 0 Å². The average molecular weight is 244 g/mol. The van der Waals surface area contributed by atoms with Crippen molar-refractivity contribution in [1.82, 2.24) is 9.97 Å². The molecule has 4 nitrogen and oxygen atoms in total. The first kappa shape index (κ1) is 12.4. The molecule has 0 radical (unpaired) electrons. The van der Waals surface area contributed by atoms with Crippen molar-refractivity contribution in [2.75, 3.05) is 13.7 Å².